The molecule has 0 spiro atoms. The van der Waals surface area contributed by atoms with Crippen LogP contribution >= 0.6 is 0 Å². The van der Waals surface area contributed by atoms with Crippen molar-refractivity contribution in [2.75, 3.05) is 26.3 Å². The number of para-hydroxylation sites is 1. The summed E-state index contributed by atoms with van der Waals surface area (Å²) in [5, 5.41) is 0. The minimum atomic E-state index is -0.742. The number of hydrogen-bond acceptors (Lipinski definition) is 4. The molecule has 1 atom stereocenters. The fourth-order valence-corrected chi connectivity index (χ4v) is 4.05. The molecule has 0 aliphatic carbocycles. The van der Waals surface area contributed by atoms with Gasteiger partial charge in [-0.3, -0.25) is 9.59 Å². The number of carbonyl (C=O) groups is 2. The summed E-state index contributed by atoms with van der Waals surface area (Å²) in [5.74, 6) is 0.467. The Morgan fingerprint density at radius 3 is 2.62 bits per heavy atom. The third-order valence-electron chi connectivity index (χ3n) is 5.53. The molecule has 2 aromatic rings. The first kappa shape index (κ1) is 21.0. The Bertz CT molecular complexity index is 846. The zero-order valence-electron chi connectivity index (χ0n) is 17.5. The summed E-state index contributed by atoms with van der Waals surface area (Å²) in [6.07, 6.45) is 1.96. The molecule has 29 heavy (non-hydrogen) atoms. The number of H-pyrrole nitrogens is 1. The maximum Gasteiger partial charge on any atom is 0.314 e. The second-order valence-corrected chi connectivity index (χ2v) is 7.75. The van der Waals surface area contributed by atoms with Gasteiger partial charge in [-0.05, 0) is 63.8 Å². The van der Waals surface area contributed by atoms with E-state index in [1.165, 1.54) is 0 Å². The number of nitrogens with one attached hydrogen (secondary N) is 1. The molecule has 1 N–H and O–H groups in total. The average Bonchev–Trinajstić information content (AvgIpc) is 3.06. The number of hydrogen-bond donors (Lipinski definition) is 1. The number of esters is 1. The molecule has 1 aromatic carbocycles. The van der Waals surface area contributed by atoms with Crippen LogP contribution in [-0.4, -0.2) is 48.1 Å². The van der Waals surface area contributed by atoms with E-state index >= 15 is 0 Å². The number of carbonyl (C=O) groups excluding carboxylic acids is 2. The van der Waals surface area contributed by atoms with Gasteiger partial charge in [-0.15, -0.1) is 0 Å². The zero-order valence-corrected chi connectivity index (χ0v) is 17.5. The van der Waals surface area contributed by atoms with Crippen LogP contribution in [0.4, 0.5) is 0 Å². The molecule has 6 nitrogen and oxygen atoms in total. The summed E-state index contributed by atoms with van der Waals surface area (Å²) in [7, 11) is 0. The Kier molecular flexibility index (Phi) is 6.62. The highest BCUT2D eigenvalue weighted by Gasteiger charge is 2.45. The highest BCUT2D eigenvalue weighted by atomic mass is 16.5. The summed E-state index contributed by atoms with van der Waals surface area (Å²) in [6.45, 7) is 7.37. The number of amides is 1. The van der Waals surface area contributed by atoms with Gasteiger partial charge in [0.25, 0.3) is 5.91 Å². The lowest BCUT2D eigenvalue weighted by molar-refractivity contribution is -0.159. The van der Waals surface area contributed by atoms with Crippen molar-refractivity contribution in [1.82, 2.24) is 9.88 Å². The van der Waals surface area contributed by atoms with Crippen molar-refractivity contribution in [2.45, 2.75) is 40.0 Å². The average molecular weight is 399 g/mol. The second-order valence-electron chi connectivity index (χ2n) is 7.75. The molecule has 1 aliphatic heterocycles. The standard InChI is InChI=1S/C23H30N2O4/c1-4-28-22(27)23(12-14-29-19-9-6-5-7-10-19)11-8-13-25(16-23)21(26)20-17(2)15-18(3)24-20/h5-7,9-10,15,24H,4,8,11-14,16H2,1-3H3/t23-/m0/s1. The molecule has 2 heterocycles. The third kappa shape index (κ3) is 4.81. The molecule has 1 aliphatic rings. The van der Waals surface area contributed by atoms with E-state index in [-0.39, 0.29) is 11.9 Å². The highest BCUT2D eigenvalue weighted by molar-refractivity contribution is 5.94. The zero-order chi connectivity index (χ0) is 20.9. The van der Waals surface area contributed by atoms with Gasteiger partial charge in [0.1, 0.15) is 11.4 Å². The monoisotopic (exact) mass is 398 g/mol. The van der Waals surface area contributed by atoms with Crippen molar-refractivity contribution < 1.29 is 19.1 Å². The third-order valence-corrected chi connectivity index (χ3v) is 5.53. The van der Waals surface area contributed by atoms with Gasteiger partial charge in [0.15, 0.2) is 0 Å². The number of aryl methyl sites for hydroxylation is 2. The predicted octanol–water partition coefficient (Wildman–Crippen LogP) is 3.89. The largest absolute Gasteiger partial charge is 0.494 e. The Morgan fingerprint density at radius 1 is 1.21 bits per heavy atom. The molecule has 0 saturated carbocycles. The number of aromatic amines is 1. The van der Waals surface area contributed by atoms with Crippen LogP contribution in [0.5, 0.6) is 5.75 Å². The first-order valence-corrected chi connectivity index (χ1v) is 10.3. The van der Waals surface area contributed by atoms with Crippen LogP contribution in [0.15, 0.2) is 36.4 Å². The fourth-order valence-electron chi connectivity index (χ4n) is 4.05. The van der Waals surface area contributed by atoms with Crippen molar-refractivity contribution in [2.24, 2.45) is 5.41 Å². The maximum atomic E-state index is 13.1. The first-order valence-electron chi connectivity index (χ1n) is 10.3. The number of nitrogens with zero attached hydrogens (tertiary/aromatic N) is 1. The summed E-state index contributed by atoms with van der Waals surface area (Å²) in [4.78, 5) is 31.0. The quantitative estimate of drug-likeness (QED) is 0.719. The van der Waals surface area contributed by atoms with E-state index < -0.39 is 5.41 Å². The van der Waals surface area contributed by atoms with Crippen LogP contribution in [0, 0.1) is 19.3 Å². The molecule has 1 saturated heterocycles. The van der Waals surface area contributed by atoms with E-state index in [1.54, 1.807) is 4.90 Å². The minimum absolute atomic E-state index is 0.0621. The molecular weight excluding hydrogens is 368 g/mol. The number of benzene rings is 1. The van der Waals surface area contributed by atoms with Crippen molar-refractivity contribution in [3.8, 4) is 5.75 Å². The van der Waals surface area contributed by atoms with E-state index in [0.717, 1.165) is 23.4 Å². The van der Waals surface area contributed by atoms with Gasteiger partial charge < -0.3 is 19.4 Å². The smallest absolute Gasteiger partial charge is 0.314 e. The molecular formula is C23H30N2O4. The van der Waals surface area contributed by atoms with Crippen molar-refractivity contribution in [3.63, 3.8) is 0 Å². The maximum absolute atomic E-state index is 13.1. The van der Waals surface area contributed by atoms with Crippen LogP contribution in [-0.2, 0) is 9.53 Å². The molecule has 1 amide bonds. The Balaban J connectivity index is 1.75. The van der Waals surface area contributed by atoms with E-state index in [2.05, 4.69) is 4.98 Å². The molecule has 3 rings (SSSR count). The SMILES string of the molecule is CCOC(=O)[C@]1(CCOc2ccccc2)CCCN(C(=O)c2[nH]c(C)cc2C)C1. The number of aromatic nitrogens is 1. The van der Waals surface area contributed by atoms with Crippen molar-refractivity contribution in [1.29, 1.82) is 0 Å². The minimum Gasteiger partial charge on any atom is -0.494 e. The number of likely N-dealkylation sites (tertiary alicyclic amines) is 1. The molecule has 0 bridgehead atoms. The summed E-state index contributed by atoms with van der Waals surface area (Å²) < 4.78 is 11.3. The fraction of sp³-hybridized carbons (Fsp3) is 0.478. The van der Waals surface area contributed by atoms with Gasteiger partial charge in [0, 0.05) is 18.8 Å². The van der Waals surface area contributed by atoms with E-state index in [9.17, 15) is 9.59 Å². The van der Waals surface area contributed by atoms with Gasteiger partial charge in [0.05, 0.1) is 18.6 Å². The second kappa shape index (κ2) is 9.16. The normalized spacial score (nSPS) is 19.1. The molecule has 156 valence electrons. The number of piperidine rings is 1. The van der Waals surface area contributed by atoms with Crippen LogP contribution in [0.3, 0.4) is 0 Å². The Hall–Kier alpha value is -2.76. The summed E-state index contributed by atoms with van der Waals surface area (Å²) in [5.41, 5.74) is 1.74. The van der Waals surface area contributed by atoms with Gasteiger partial charge in [-0.2, -0.15) is 0 Å². The lowest BCUT2D eigenvalue weighted by atomic mass is 9.77. The lowest BCUT2D eigenvalue weighted by Crippen LogP contribution is -2.51. The molecule has 6 heteroatoms. The summed E-state index contributed by atoms with van der Waals surface area (Å²) in [6, 6.07) is 11.5. The predicted molar refractivity (Wildman–Crippen MR) is 111 cm³/mol. The van der Waals surface area contributed by atoms with Gasteiger partial charge in [-0.25, -0.2) is 0 Å². The van der Waals surface area contributed by atoms with E-state index in [0.29, 0.717) is 44.8 Å². The molecule has 1 fully saturated rings. The van der Waals surface area contributed by atoms with E-state index in [4.69, 9.17) is 9.47 Å². The number of rotatable bonds is 7. The van der Waals surface area contributed by atoms with Gasteiger partial charge in [-0.1, -0.05) is 18.2 Å². The lowest BCUT2D eigenvalue weighted by Gasteiger charge is -2.40. The molecule has 0 unspecified atom stereocenters. The molecule has 1 aromatic heterocycles. The molecule has 0 radical (unpaired) electrons. The van der Waals surface area contributed by atoms with Crippen LogP contribution in [0.2, 0.25) is 0 Å². The van der Waals surface area contributed by atoms with Crippen LogP contribution < -0.4 is 4.74 Å². The van der Waals surface area contributed by atoms with Crippen LogP contribution in [0.1, 0.15) is 47.9 Å². The van der Waals surface area contributed by atoms with E-state index in [1.807, 2.05) is 57.2 Å². The first-order chi connectivity index (χ1) is 13.9. The van der Waals surface area contributed by atoms with Gasteiger partial charge >= 0.3 is 5.97 Å². The summed E-state index contributed by atoms with van der Waals surface area (Å²) >= 11 is 0. The highest BCUT2D eigenvalue weighted by Crippen LogP contribution is 2.36. The number of ether oxygens (including phenoxy) is 2. The topological polar surface area (TPSA) is 71.6 Å². The van der Waals surface area contributed by atoms with Crippen molar-refractivity contribution in [3.05, 3.63) is 53.3 Å². The van der Waals surface area contributed by atoms with Gasteiger partial charge in [0.2, 0.25) is 0 Å². The Morgan fingerprint density at radius 2 is 1.97 bits per heavy atom. The van der Waals surface area contributed by atoms with Crippen molar-refractivity contribution >= 4 is 11.9 Å². The van der Waals surface area contributed by atoms with Crippen LogP contribution in [0.25, 0.3) is 0 Å². The Labute approximate surface area is 172 Å².